The minimum Gasteiger partial charge on any atom is -0.330 e. The molecule has 2 N–H and O–H groups in total. The van der Waals surface area contributed by atoms with Crippen LogP contribution in [-0.2, 0) is 11.2 Å². The van der Waals surface area contributed by atoms with Crippen molar-refractivity contribution in [3.63, 3.8) is 0 Å². The molecule has 0 heterocycles. The summed E-state index contributed by atoms with van der Waals surface area (Å²) in [7, 11) is 0. The number of ketones is 1. The fraction of sp³-hybridized carbons (Fsp3) is 0.417. The zero-order valence-corrected chi connectivity index (χ0v) is 10.7. The molecule has 0 spiro atoms. The second kappa shape index (κ2) is 6.24. The van der Waals surface area contributed by atoms with E-state index >= 15 is 0 Å². The standard InChI is InChI=1S/C12H15Cl2NO/c1-2-9(7-15)12(16)6-8-3-4-10(13)11(14)5-8/h3-5,9H,2,6-7,15H2,1H3. The Morgan fingerprint density at radius 1 is 1.38 bits per heavy atom. The van der Waals surface area contributed by atoms with E-state index in [1.165, 1.54) is 0 Å². The number of hydrogen-bond acceptors (Lipinski definition) is 2. The van der Waals surface area contributed by atoms with E-state index in [9.17, 15) is 4.79 Å². The van der Waals surface area contributed by atoms with E-state index in [1.54, 1.807) is 12.1 Å². The van der Waals surface area contributed by atoms with Crippen LogP contribution in [0, 0.1) is 5.92 Å². The van der Waals surface area contributed by atoms with Gasteiger partial charge in [0.15, 0.2) is 0 Å². The molecule has 0 fully saturated rings. The summed E-state index contributed by atoms with van der Waals surface area (Å²) in [5.74, 6) is 0.0952. The number of nitrogens with two attached hydrogens (primary N) is 1. The van der Waals surface area contributed by atoms with Crippen molar-refractivity contribution >= 4 is 29.0 Å². The van der Waals surface area contributed by atoms with Gasteiger partial charge in [0.2, 0.25) is 0 Å². The molecule has 0 radical (unpaired) electrons. The Kier molecular flexibility index (Phi) is 5.26. The lowest BCUT2D eigenvalue weighted by atomic mass is 9.96. The lowest BCUT2D eigenvalue weighted by Crippen LogP contribution is -2.24. The fourth-order valence-electron chi connectivity index (χ4n) is 1.52. The zero-order valence-electron chi connectivity index (χ0n) is 9.17. The molecule has 88 valence electrons. The van der Waals surface area contributed by atoms with Crippen molar-refractivity contribution in [3.05, 3.63) is 33.8 Å². The molecule has 16 heavy (non-hydrogen) atoms. The quantitative estimate of drug-likeness (QED) is 0.884. The predicted octanol–water partition coefficient (Wildman–Crippen LogP) is 3.09. The molecule has 0 saturated carbocycles. The Labute approximate surface area is 106 Å². The topological polar surface area (TPSA) is 43.1 Å². The lowest BCUT2D eigenvalue weighted by molar-refractivity contribution is -0.122. The van der Waals surface area contributed by atoms with E-state index in [0.29, 0.717) is 23.0 Å². The fourth-order valence-corrected chi connectivity index (χ4v) is 1.84. The molecule has 1 rings (SSSR count). The highest BCUT2D eigenvalue weighted by atomic mass is 35.5. The number of benzene rings is 1. The van der Waals surface area contributed by atoms with Crippen LogP contribution in [0.25, 0.3) is 0 Å². The first-order valence-corrected chi connectivity index (χ1v) is 6.00. The average Bonchev–Trinajstić information content (AvgIpc) is 2.25. The normalized spacial score (nSPS) is 12.5. The molecule has 0 amide bonds. The van der Waals surface area contributed by atoms with Crippen LogP contribution in [0.15, 0.2) is 18.2 Å². The number of carbonyl (C=O) groups is 1. The Balaban J connectivity index is 2.73. The van der Waals surface area contributed by atoms with Crippen molar-refractivity contribution < 1.29 is 4.79 Å². The van der Waals surface area contributed by atoms with Crippen molar-refractivity contribution in [1.82, 2.24) is 0 Å². The first kappa shape index (κ1) is 13.5. The summed E-state index contributed by atoms with van der Waals surface area (Å²) in [6.45, 7) is 2.36. The van der Waals surface area contributed by atoms with Crippen LogP contribution < -0.4 is 5.73 Å². The number of halogens is 2. The SMILES string of the molecule is CCC(CN)C(=O)Cc1ccc(Cl)c(Cl)c1. The Hall–Kier alpha value is -0.570. The number of hydrogen-bond donors (Lipinski definition) is 1. The van der Waals surface area contributed by atoms with Gasteiger partial charge < -0.3 is 5.73 Å². The molecule has 1 aromatic rings. The third-order valence-electron chi connectivity index (χ3n) is 2.60. The first-order valence-electron chi connectivity index (χ1n) is 5.25. The van der Waals surface area contributed by atoms with Gasteiger partial charge >= 0.3 is 0 Å². The van der Waals surface area contributed by atoms with Gasteiger partial charge in [-0.2, -0.15) is 0 Å². The van der Waals surface area contributed by atoms with Gasteiger partial charge in [-0.05, 0) is 24.1 Å². The molecule has 0 aliphatic heterocycles. The third kappa shape index (κ3) is 3.48. The van der Waals surface area contributed by atoms with Crippen molar-refractivity contribution in [2.45, 2.75) is 19.8 Å². The van der Waals surface area contributed by atoms with Crippen LogP contribution >= 0.6 is 23.2 Å². The Morgan fingerprint density at radius 3 is 2.56 bits per heavy atom. The maximum Gasteiger partial charge on any atom is 0.141 e. The van der Waals surface area contributed by atoms with Crippen molar-refractivity contribution in [3.8, 4) is 0 Å². The Bertz CT molecular complexity index is 375. The smallest absolute Gasteiger partial charge is 0.141 e. The summed E-state index contributed by atoms with van der Waals surface area (Å²) in [4.78, 5) is 11.8. The summed E-state index contributed by atoms with van der Waals surface area (Å²) in [5, 5.41) is 0.983. The molecule has 1 aromatic carbocycles. The van der Waals surface area contributed by atoms with Crippen LogP contribution in [0.5, 0.6) is 0 Å². The second-order valence-electron chi connectivity index (χ2n) is 3.73. The van der Waals surface area contributed by atoms with E-state index in [1.807, 2.05) is 13.0 Å². The van der Waals surface area contributed by atoms with E-state index in [0.717, 1.165) is 12.0 Å². The molecule has 0 bridgehead atoms. The minimum atomic E-state index is -0.0607. The highest BCUT2D eigenvalue weighted by molar-refractivity contribution is 6.42. The van der Waals surface area contributed by atoms with Crippen LogP contribution in [0.4, 0.5) is 0 Å². The highest BCUT2D eigenvalue weighted by Gasteiger charge is 2.15. The number of rotatable bonds is 5. The number of carbonyl (C=O) groups excluding carboxylic acids is 1. The number of Topliss-reactive ketones (excluding diaryl/α,β-unsaturated/α-hetero) is 1. The van der Waals surface area contributed by atoms with Gasteiger partial charge in [0.05, 0.1) is 10.0 Å². The second-order valence-corrected chi connectivity index (χ2v) is 4.55. The van der Waals surface area contributed by atoms with Crippen molar-refractivity contribution in [2.75, 3.05) is 6.54 Å². The molecule has 0 aliphatic carbocycles. The summed E-state index contributed by atoms with van der Waals surface area (Å²) < 4.78 is 0. The molecule has 2 nitrogen and oxygen atoms in total. The van der Waals surface area contributed by atoms with Gasteiger partial charge in [0.25, 0.3) is 0 Å². The lowest BCUT2D eigenvalue weighted by Gasteiger charge is -2.11. The molecule has 0 aliphatic rings. The summed E-state index contributed by atoms with van der Waals surface area (Å²) in [6.07, 6.45) is 1.14. The maximum absolute atomic E-state index is 11.8. The molecule has 1 atom stereocenters. The molecular formula is C12H15Cl2NO. The third-order valence-corrected chi connectivity index (χ3v) is 3.33. The summed E-state index contributed by atoms with van der Waals surface area (Å²) in [6, 6.07) is 5.25. The van der Waals surface area contributed by atoms with E-state index in [-0.39, 0.29) is 11.7 Å². The predicted molar refractivity (Wildman–Crippen MR) is 68.0 cm³/mol. The average molecular weight is 260 g/mol. The minimum absolute atomic E-state index is 0.0607. The van der Waals surface area contributed by atoms with Gasteiger partial charge in [0.1, 0.15) is 5.78 Å². The van der Waals surface area contributed by atoms with E-state index in [2.05, 4.69) is 0 Å². The van der Waals surface area contributed by atoms with Crippen LogP contribution in [-0.4, -0.2) is 12.3 Å². The van der Waals surface area contributed by atoms with Gasteiger partial charge in [-0.25, -0.2) is 0 Å². The molecule has 4 heteroatoms. The van der Waals surface area contributed by atoms with Crippen LogP contribution in [0.2, 0.25) is 10.0 Å². The highest BCUT2D eigenvalue weighted by Crippen LogP contribution is 2.23. The molecule has 0 aromatic heterocycles. The zero-order chi connectivity index (χ0) is 12.1. The Morgan fingerprint density at radius 2 is 2.06 bits per heavy atom. The van der Waals surface area contributed by atoms with Crippen LogP contribution in [0.1, 0.15) is 18.9 Å². The van der Waals surface area contributed by atoms with E-state index < -0.39 is 0 Å². The maximum atomic E-state index is 11.8. The summed E-state index contributed by atoms with van der Waals surface area (Å²) >= 11 is 11.7. The first-order chi connectivity index (χ1) is 7.58. The monoisotopic (exact) mass is 259 g/mol. The van der Waals surface area contributed by atoms with Crippen molar-refractivity contribution in [1.29, 1.82) is 0 Å². The van der Waals surface area contributed by atoms with Crippen molar-refractivity contribution in [2.24, 2.45) is 11.7 Å². The van der Waals surface area contributed by atoms with E-state index in [4.69, 9.17) is 28.9 Å². The van der Waals surface area contributed by atoms with Gasteiger partial charge in [-0.3, -0.25) is 4.79 Å². The van der Waals surface area contributed by atoms with Crippen LogP contribution in [0.3, 0.4) is 0 Å². The molecular weight excluding hydrogens is 245 g/mol. The summed E-state index contributed by atoms with van der Waals surface area (Å²) in [5.41, 5.74) is 6.40. The van der Waals surface area contributed by atoms with Gasteiger partial charge in [-0.15, -0.1) is 0 Å². The molecule has 1 unspecified atom stereocenters. The van der Waals surface area contributed by atoms with Gasteiger partial charge in [0, 0.05) is 18.9 Å². The molecule has 0 saturated heterocycles. The van der Waals surface area contributed by atoms with Gasteiger partial charge in [-0.1, -0.05) is 36.2 Å². The largest absolute Gasteiger partial charge is 0.330 e.